The SMILES string of the molecule is CC1(C)[C@H](COCc2ccccc2)N(Cc2ccccc2)O[C@@H]1CI. The first kappa shape index (κ1) is 18.8. The number of nitrogens with zero attached hydrogens (tertiary/aromatic N) is 1. The summed E-state index contributed by atoms with van der Waals surface area (Å²) in [6, 6.07) is 21.1. The highest BCUT2D eigenvalue weighted by atomic mass is 127. The lowest BCUT2D eigenvalue weighted by atomic mass is 9.81. The van der Waals surface area contributed by atoms with Crippen LogP contribution in [-0.4, -0.2) is 28.2 Å². The fourth-order valence-corrected chi connectivity index (χ4v) is 4.55. The average molecular weight is 451 g/mol. The highest BCUT2D eigenvalue weighted by Crippen LogP contribution is 2.40. The molecule has 2 aromatic rings. The molecule has 134 valence electrons. The molecule has 0 radical (unpaired) electrons. The van der Waals surface area contributed by atoms with Crippen LogP contribution in [0.4, 0.5) is 0 Å². The minimum Gasteiger partial charge on any atom is -0.375 e. The van der Waals surface area contributed by atoms with Crippen molar-refractivity contribution >= 4 is 22.6 Å². The van der Waals surface area contributed by atoms with Gasteiger partial charge in [0.15, 0.2) is 0 Å². The summed E-state index contributed by atoms with van der Waals surface area (Å²) in [7, 11) is 0. The van der Waals surface area contributed by atoms with Gasteiger partial charge in [-0.05, 0) is 11.1 Å². The summed E-state index contributed by atoms with van der Waals surface area (Å²) in [5.74, 6) is 0. The Morgan fingerprint density at radius 1 is 1.00 bits per heavy atom. The Kier molecular flexibility index (Phi) is 6.49. The standard InChI is InChI=1S/C21H26INO2/c1-21(2)19(16-24-15-18-11-7-4-8-12-18)23(25-20(21)13-22)14-17-9-5-3-6-10-17/h3-12,19-20H,13-16H2,1-2H3/t19-,20+/m0/s1. The highest BCUT2D eigenvalue weighted by Gasteiger charge is 2.49. The molecule has 2 aromatic carbocycles. The van der Waals surface area contributed by atoms with Crippen LogP contribution in [0.1, 0.15) is 25.0 Å². The zero-order valence-corrected chi connectivity index (χ0v) is 17.1. The molecule has 1 fully saturated rings. The topological polar surface area (TPSA) is 21.7 Å². The third-order valence-electron chi connectivity index (χ3n) is 5.01. The van der Waals surface area contributed by atoms with Crippen molar-refractivity contribution in [3.8, 4) is 0 Å². The molecule has 25 heavy (non-hydrogen) atoms. The molecule has 0 spiro atoms. The van der Waals surface area contributed by atoms with E-state index in [0.717, 1.165) is 11.0 Å². The van der Waals surface area contributed by atoms with E-state index in [-0.39, 0.29) is 17.6 Å². The lowest BCUT2D eigenvalue weighted by molar-refractivity contribution is -0.171. The van der Waals surface area contributed by atoms with Crippen LogP contribution in [0.2, 0.25) is 0 Å². The number of rotatable bonds is 7. The van der Waals surface area contributed by atoms with E-state index >= 15 is 0 Å². The molecule has 3 nitrogen and oxygen atoms in total. The van der Waals surface area contributed by atoms with Crippen molar-refractivity contribution in [2.75, 3.05) is 11.0 Å². The Bertz CT molecular complexity index is 647. The first-order chi connectivity index (χ1) is 12.1. The number of alkyl halides is 1. The molecule has 0 aromatic heterocycles. The summed E-state index contributed by atoms with van der Waals surface area (Å²) in [6.45, 7) is 6.68. The normalized spacial score (nSPS) is 23.0. The molecule has 2 atom stereocenters. The number of hydrogen-bond acceptors (Lipinski definition) is 3. The Balaban J connectivity index is 1.67. The van der Waals surface area contributed by atoms with Gasteiger partial charge in [0.25, 0.3) is 0 Å². The summed E-state index contributed by atoms with van der Waals surface area (Å²) in [5.41, 5.74) is 2.52. The van der Waals surface area contributed by atoms with Crippen LogP contribution < -0.4 is 0 Å². The van der Waals surface area contributed by atoms with Crippen LogP contribution in [0, 0.1) is 5.41 Å². The van der Waals surface area contributed by atoms with Crippen LogP contribution in [0.5, 0.6) is 0 Å². The van der Waals surface area contributed by atoms with E-state index in [0.29, 0.717) is 13.2 Å². The minimum atomic E-state index is 0.0483. The van der Waals surface area contributed by atoms with Crippen molar-refractivity contribution < 1.29 is 9.57 Å². The van der Waals surface area contributed by atoms with Gasteiger partial charge in [0.2, 0.25) is 0 Å². The highest BCUT2D eigenvalue weighted by molar-refractivity contribution is 14.1. The fraction of sp³-hybridized carbons (Fsp3) is 0.429. The number of hydroxylamine groups is 2. The third-order valence-corrected chi connectivity index (χ3v) is 5.81. The molecule has 0 aliphatic carbocycles. The molecule has 1 aliphatic rings. The van der Waals surface area contributed by atoms with Crippen molar-refractivity contribution in [1.82, 2.24) is 5.06 Å². The van der Waals surface area contributed by atoms with Gasteiger partial charge in [-0.3, -0.25) is 4.84 Å². The number of halogens is 1. The molecule has 0 amide bonds. The molecule has 1 saturated heterocycles. The van der Waals surface area contributed by atoms with Crippen LogP contribution >= 0.6 is 22.6 Å². The molecule has 0 bridgehead atoms. The van der Waals surface area contributed by atoms with Crippen molar-refractivity contribution in [3.05, 3.63) is 71.8 Å². The first-order valence-electron chi connectivity index (χ1n) is 8.76. The van der Waals surface area contributed by atoms with Gasteiger partial charge in [0.1, 0.15) is 0 Å². The van der Waals surface area contributed by atoms with Crippen LogP contribution in [0.3, 0.4) is 0 Å². The number of hydrogen-bond donors (Lipinski definition) is 0. The van der Waals surface area contributed by atoms with Gasteiger partial charge < -0.3 is 4.74 Å². The maximum atomic E-state index is 6.29. The van der Waals surface area contributed by atoms with Gasteiger partial charge in [0, 0.05) is 16.4 Å². The molecule has 1 aliphatic heterocycles. The number of ether oxygens (including phenoxy) is 1. The van der Waals surface area contributed by atoms with Gasteiger partial charge in [-0.25, -0.2) is 0 Å². The third kappa shape index (κ3) is 4.61. The van der Waals surface area contributed by atoms with Crippen LogP contribution in [-0.2, 0) is 22.7 Å². The van der Waals surface area contributed by atoms with Gasteiger partial charge >= 0.3 is 0 Å². The zero-order valence-electron chi connectivity index (χ0n) is 14.9. The van der Waals surface area contributed by atoms with Crippen molar-refractivity contribution in [2.24, 2.45) is 5.41 Å². The second-order valence-electron chi connectivity index (χ2n) is 7.15. The lowest BCUT2D eigenvalue weighted by Gasteiger charge is -2.31. The summed E-state index contributed by atoms with van der Waals surface area (Å²) < 4.78 is 7.05. The van der Waals surface area contributed by atoms with E-state index in [1.807, 2.05) is 12.1 Å². The molecule has 0 N–H and O–H groups in total. The van der Waals surface area contributed by atoms with Crippen molar-refractivity contribution in [1.29, 1.82) is 0 Å². The van der Waals surface area contributed by atoms with Gasteiger partial charge in [-0.2, -0.15) is 5.06 Å². The van der Waals surface area contributed by atoms with Crippen molar-refractivity contribution in [3.63, 3.8) is 0 Å². The van der Waals surface area contributed by atoms with E-state index in [1.54, 1.807) is 0 Å². The van der Waals surface area contributed by atoms with Crippen molar-refractivity contribution in [2.45, 2.75) is 39.1 Å². The van der Waals surface area contributed by atoms with E-state index in [9.17, 15) is 0 Å². The Morgan fingerprint density at radius 2 is 1.60 bits per heavy atom. The van der Waals surface area contributed by atoms with Gasteiger partial charge in [-0.1, -0.05) is 97.1 Å². The van der Waals surface area contributed by atoms with E-state index < -0.39 is 0 Å². The summed E-state index contributed by atoms with van der Waals surface area (Å²) >= 11 is 2.42. The minimum absolute atomic E-state index is 0.0483. The van der Waals surface area contributed by atoms with Crippen LogP contribution in [0.15, 0.2) is 60.7 Å². The Hall–Kier alpha value is -0.950. The summed E-state index contributed by atoms with van der Waals surface area (Å²) in [6.07, 6.45) is 0.210. The smallest absolute Gasteiger partial charge is 0.0950 e. The largest absolute Gasteiger partial charge is 0.375 e. The fourth-order valence-electron chi connectivity index (χ4n) is 3.26. The predicted octanol–water partition coefficient (Wildman–Crippen LogP) is 4.85. The lowest BCUT2D eigenvalue weighted by Crippen LogP contribution is -2.41. The molecular weight excluding hydrogens is 425 g/mol. The monoisotopic (exact) mass is 451 g/mol. The Labute approximate surface area is 164 Å². The van der Waals surface area contributed by atoms with E-state index in [2.05, 4.69) is 90.0 Å². The molecule has 0 unspecified atom stereocenters. The molecule has 3 rings (SSSR count). The molecule has 4 heteroatoms. The van der Waals surface area contributed by atoms with Gasteiger partial charge in [0.05, 0.1) is 25.4 Å². The first-order valence-corrected chi connectivity index (χ1v) is 10.3. The zero-order chi connectivity index (χ0) is 17.7. The quantitative estimate of drug-likeness (QED) is 0.444. The van der Waals surface area contributed by atoms with E-state index in [1.165, 1.54) is 11.1 Å². The maximum absolute atomic E-state index is 6.29. The van der Waals surface area contributed by atoms with E-state index in [4.69, 9.17) is 9.57 Å². The van der Waals surface area contributed by atoms with Crippen LogP contribution in [0.25, 0.3) is 0 Å². The summed E-state index contributed by atoms with van der Waals surface area (Å²) in [4.78, 5) is 6.29. The second-order valence-corrected chi connectivity index (χ2v) is 8.03. The Morgan fingerprint density at radius 3 is 2.20 bits per heavy atom. The predicted molar refractivity (Wildman–Crippen MR) is 109 cm³/mol. The molecular formula is C21H26INO2. The molecule has 1 heterocycles. The molecule has 0 saturated carbocycles. The maximum Gasteiger partial charge on any atom is 0.0950 e. The number of benzene rings is 2. The van der Waals surface area contributed by atoms with Gasteiger partial charge in [-0.15, -0.1) is 0 Å². The second kappa shape index (κ2) is 8.62. The average Bonchev–Trinajstić information content (AvgIpc) is 2.87. The summed E-state index contributed by atoms with van der Waals surface area (Å²) in [5, 5.41) is 2.13.